The van der Waals surface area contributed by atoms with Gasteiger partial charge in [0.2, 0.25) is 0 Å². The van der Waals surface area contributed by atoms with Gasteiger partial charge in [-0.2, -0.15) is 0 Å². The van der Waals surface area contributed by atoms with Gasteiger partial charge in [-0.25, -0.2) is 9.97 Å². The van der Waals surface area contributed by atoms with Crippen LogP contribution in [0.25, 0.3) is 10.7 Å². The summed E-state index contributed by atoms with van der Waals surface area (Å²) in [6.45, 7) is 2.30. The number of aromatic nitrogens is 3. The Morgan fingerprint density at radius 1 is 1.25 bits per heavy atom. The molecule has 0 atom stereocenters. The van der Waals surface area contributed by atoms with Crippen molar-refractivity contribution in [3.05, 3.63) is 64.0 Å². The van der Waals surface area contributed by atoms with E-state index in [9.17, 15) is 4.79 Å². The highest BCUT2D eigenvalue weighted by atomic mass is 35.5. The van der Waals surface area contributed by atoms with Crippen molar-refractivity contribution in [2.45, 2.75) is 13.5 Å². The summed E-state index contributed by atoms with van der Waals surface area (Å²) >= 11 is 7.14. The summed E-state index contributed by atoms with van der Waals surface area (Å²) < 4.78 is 0. The van der Waals surface area contributed by atoms with Crippen LogP contribution in [0.4, 0.5) is 0 Å². The van der Waals surface area contributed by atoms with Gasteiger partial charge in [-0.15, -0.1) is 11.3 Å². The van der Waals surface area contributed by atoms with E-state index in [0.717, 1.165) is 16.3 Å². The van der Waals surface area contributed by atoms with Crippen LogP contribution < -0.4 is 0 Å². The molecule has 0 aliphatic rings. The summed E-state index contributed by atoms with van der Waals surface area (Å²) in [5, 5.41) is 1.18. The molecule has 5 nitrogen and oxygen atoms in total. The Hall–Kier alpha value is -2.31. The molecule has 3 aromatic rings. The van der Waals surface area contributed by atoms with Gasteiger partial charge in [-0.05, 0) is 30.7 Å². The number of carbonyl (C=O) groups excluding carboxylic acids is 1. The molecule has 0 fully saturated rings. The van der Waals surface area contributed by atoms with Gasteiger partial charge in [0.1, 0.15) is 15.0 Å². The maximum atomic E-state index is 12.7. The summed E-state index contributed by atoms with van der Waals surface area (Å²) in [6, 6.07) is 9.21. The number of hydrogen-bond acceptors (Lipinski definition) is 5. The molecule has 24 heavy (non-hydrogen) atoms. The maximum absolute atomic E-state index is 12.7. The van der Waals surface area contributed by atoms with E-state index in [-0.39, 0.29) is 5.91 Å². The standard InChI is InChI=1S/C17H15ClN4OS/c1-11-15(24-16(21-11)13-5-3-4-8-19-13)17(23)22(2)10-12-6-7-14(18)20-9-12/h3-9H,10H2,1-2H3. The number of pyridine rings is 2. The highest BCUT2D eigenvalue weighted by Gasteiger charge is 2.20. The second kappa shape index (κ2) is 7.07. The zero-order chi connectivity index (χ0) is 17.1. The van der Waals surface area contributed by atoms with Crippen molar-refractivity contribution in [2.24, 2.45) is 0 Å². The van der Waals surface area contributed by atoms with Gasteiger partial charge >= 0.3 is 0 Å². The van der Waals surface area contributed by atoms with Crippen LogP contribution in [0.2, 0.25) is 5.15 Å². The molecule has 0 unspecified atom stereocenters. The first-order chi connectivity index (χ1) is 11.5. The fourth-order valence-electron chi connectivity index (χ4n) is 2.21. The number of hydrogen-bond donors (Lipinski definition) is 0. The highest BCUT2D eigenvalue weighted by Crippen LogP contribution is 2.27. The monoisotopic (exact) mass is 358 g/mol. The molecule has 1 amide bonds. The first kappa shape index (κ1) is 16.5. The first-order valence-electron chi connectivity index (χ1n) is 7.29. The molecule has 0 bridgehead atoms. The third-order valence-electron chi connectivity index (χ3n) is 3.43. The van der Waals surface area contributed by atoms with Gasteiger partial charge in [0.25, 0.3) is 5.91 Å². The van der Waals surface area contributed by atoms with Gasteiger partial charge < -0.3 is 4.90 Å². The second-order valence-electron chi connectivity index (χ2n) is 5.30. The number of carbonyl (C=O) groups is 1. The number of aryl methyl sites for hydroxylation is 1. The smallest absolute Gasteiger partial charge is 0.265 e. The van der Waals surface area contributed by atoms with Gasteiger partial charge in [0.05, 0.1) is 11.4 Å². The van der Waals surface area contributed by atoms with Crippen molar-refractivity contribution in [2.75, 3.05) is 7.05 Å². The maximum Gasteiger partial charge on any atom is 0.265 e. The van der Waals surface area contributed by atoms with Crippen LogP contribution in [-0.4, -0.2) is 32.8 Å². The van der Waals surface area contributed by atoms with Crippen molar-refractivity contribution in [1.29, 1.82) is 0 Å². The molecule has 7 heteroatoms. The number of nitrogens with zero attached hydrogens (tertiary/aromatic N) is 4. The van der Waals surface area contributed by atoms with Crippen LogP contribution in [-0.2, 0) is 6.54 Å². The topological polar surface area (TPSA) is 59.0 Å². The minimum Gasteiger partial charge on any atom is -0.337 e. The molecule has 0 aromatic carbocycles. The van der Waals surface area contributed by atoms with E-state index in [1.165, 1.54) is 11.3 Å². The molecule has 0 saturated carbocycles. The molecule has 3 rings (SSSR count). The predicted octanol–water partition coefficient (Wildman–Crippen LogP) is 3.83. The Morgan fingerprint density at radius 2 is 2.08 bits per heavy atom. The van der Waals surface area contributed by atoms with Crippen LogP contribution in [0.3, 0.4) is 0 Å². The quantitative estimate of drug-likeness (QED) is 0.665. The molecule has 122 valence electrons. The Labute approximate surface area is 149 Å². The molecule has 3 heterocycles. The lowest BCUT2D eigenvalue weighted by Crippen LogP contribution is -2.26. The van der Waals surface area contributed by atoms with E-state index >= 15 is 0 Å². The lowest BCUT2D eigenvalue weighted by molar-refractivity contribution is 0.0789. The van der Waals surface area contributed by atoms with Crippen LogP contribution in [0.15, 0.2) is 42.7 Å². The van der Waals surface area contributed by atoms with Crippen LogP contribution in [0.5, 0.6) is 0 Å². The highest BCUT2D eigenvalue weighted by molar-refractivity contribution is 7.17. The minimum atomic E-state index is -0.0675. The average Bonchev–Trinajstić information content (AvgIpc) is 2.99. The number of thiazole rings is 1. The zero-order valence-corrected chi connectivity index (χ0v) is 14.8. The summed E-state index contributed by atoms with van der Waals surface area (Å²) in [6.07, 6.45) is 3.39. The van der Waals surface area contributed by atoms with Gasteiger partial charge in [0, 0.05) is 26.0 Å². The van der Waals surface area contributed by atoms with Crippen molar-refractivity contribution in [3.63, 3.8) is 0 Å². The second-order valence-corrected chi connectivity index (χ2v) is 6.69. The normalized spacial score (nSPS) is 10.6. The van der Waals surface area contributed by atoms with Gasteiger partial charge in [0.15, 0.2) is 0 Å². The Bertz CT molecular complexity index is 849. The Balaban J connectivity index is 1.79. The molecule has 0 spiro atoms. The van der Waals surface area contributed by atoms with Crippen molar-refractivity contribution in [1.82, 2.24) is 19.9 Å². The fourth-order valence-corrected chi connectivity index (χ4v) is 3.36. The van der Waals surface area contributed by atoms with E-state index in [1.54, 1.807) is 30.4 Å². The van der Waals surface area contributed by atoms with Crippen LogP contribution in [0.1, 0.15) is 20.9 Å². The molecular weight excluding hydrogens is 344 g/mol. The summed E-state index contributed by atoms with van der Waals surface area (Å²) in [7, 11) is 1.76. The van der Waals surface area contributed by atoms with Crippen molar-refractivity contribution in [3.8, 4) is 10.7 Å². The number of halogens is 1. The average molecular weight is 359 g/mol. The number of rotatable bonds is 4. The molecule has 0 radical (unpaired) electrons. The van der Waals surface area contributed by atoms with Crippen molar-refractivity contribution >= 4 is 28.8 Å². The summed E-state index contributed by atoms with van der Waals surface area (Å²) in [4.78, 5) is 27.8. The van der Waals surface area contributed by atoms with E-state index < -0.39 is 0 Å². The van der Waals surface area contributed by atoms with Crippen molar-refractivity contribution < 1.29 is 4.79 Å². The third kappa shape index (κ3) is 3.60. The fraction of sp³-hybridized carbons (Fsp3) is 0.176. The van der Waals surface area contributed by atoms with Crippen LogP contribution >= 0.6 is 22.9 Å². The van der Waals surface area contributed by atoms with Gasteiger partial charge in [-0.1, -0.05) is 23.7 Å². The Morgan fingerprint density at radius 3 is 2.75 bits per heavy atom. The van der Waals surface area contributed by atoms with Crippen LogP contribution in [0, 0.1) is 6.92 Å². The summed E-state index contributed by atoms with van der Waals surface area (Å²) in [5.41, 5.74) is 2.41. The Kier molecular flexibility index (Phi) is 4.87. The molecule has 3 aromatic heterocycles. The van der Waals surface area contributed by atoms with E-state index in [0.29, 0.717) is 22.3 Å². The molecule has 0 aliphatic carbocycles. The first-order valence-corrected chi connectivity index (χ1v) is 8.49. The lowest BCUT2D eigenvalue weighted by Gasteiger charge is -2.16. The summed E-state index contributed by atoms with van der Waals surface area (Å²) in [5.74, 6) is -0.0675. The number of amides is 1. The third-order valence-corrected chi connectivity index (χ3v) is 4.82. The SMILES string of the molecule is Cc1nc(-c2ccccn2)sc1C(=O)N(C)Cc1ccc(Cl)nc1. The predicted molar refractivity (Wildman–Crippen MR) is 95.1 cm³/mol. The molecule has 0 aliphatic heterocycles. The van der Waals surface area contributed by atoms with E-state index in [2.05, 4.69) is 15.0 Å². The molecule has 0 N–H and O–H groups in total. The minimum absolute atomic E-state index is 0.0675. The largest absolute Gasteiger partial charge is 0.337 e. The van der Waals surface area contributed by atoms with E-state index in [1.807, 2.05) is 31.2 Å². The van der Waals surface area contributed by atoms with E-state index in [4.69, 9.17) is 11.6 Å². The lowest BCUT2D eigenvalue weighted by atomic mass is 10.2. The molecule has 0 saturated heterocycles. The zero-order valence-electron chi connectivity index (χ0n) is 13.2. The molecular formula is C17H15ClN4OS. The van der Waals surface area contributed by atoms with Gasteiger partial charge in [-0.3, -0.25) is 9.78 Å².